The molecule has 0 rings (SSSR count). The standard InChI is InChI=1S/C7H12.C3H8.3C2H6.CH4/c1-4-5-6-7(2)3;1-3-2;3*1-2;/h4-6H,1-3H3;3H2,1-2H3;3*1-2H3;1H4/b5-4-;;;;;. The Kier molecular flexibility index (Phi) is 163. The van der Waals surface area contributed by atoms with Crippen LogP contribution in [0.5, 0.6) is 0 Å². The molecular weight excluding hydrogens is 204 g/mol. The zero-order valence-electron chi connectivity index (χ0n) is 13.9. The van der Waals surface area contributed by atoms with Crippen LogP contribution in [-0.4, -0.2) is 0 Å². The van der Waals surface area contributed by atoms with Gasteiger partial charge in [-0.15, -0.1) is 0 Å². The Morgan fingerprint density at radius 2 is 1.06 bits per heavy atom. The fraction of sp³-hybridized carbons (Fsp3) is 0.765. The van der Waals surface area contributed by atoms with Gasteiger partial charge < -0.3 is 0 Å². The van der Waals surface area contributed by atoms with Crippen LogP contribution < -0.4 is 0 Å². The highest BCUT2D eigenvalue weighted by atomic mass is 13.7. The van der Waals surface area contributed by atoms with Gasteiger partial charge in [0.1, 0.15) is 0 Å². The van der Waals surface area contributed by atoms with Crippen molar-refractivity contribution in [2.24, 2.45) is 0 Å². The fourth-order valence-corrected chi connectivity index (χ4v) is 0.289. The summed E-state index contributed by atoms with van der Waals surface area (Å²) in [7, 11) is 0. The van der Waals surface area contributed by atoms with Crippen molar-refractivity contribution in [3.05, 3.63) is 23.8 Å². The molecule has 0 spiro atoms. The maximum absolute atomic E-state index is 2.12. The predicted octanol–water partition coefficient (Wildman–Crippen LogP) is 7.66. The minimum absolute atomic E-state index is 0. The zero-order valence-corrected chi connectivity index (χ0v) is 13.9. The molecule has 0 unspecified atom stereocenters. The van der Waals surface area contributed by atoms with Gasteiger partial charge in [-0.2, -0.15) is 0 Å². The van der Waals surface area contributed by atoms with Crippen LogP contribution in [0.3, 0.4) is 0 Å². The van der Waals surface area contributed by atoms with E-state index in [-0.39, 0.29) is 7.43 Å². The van der Waals surface area contributed by atoms with Crippen LogP contribution in [0, 0.1) is 0 Å². The molecule has 0 atom stereocenters. The molecule has 0 heterocycles. The number of allylic oxidation sites excluding steroid dienone is 4. The minimum atomic E-state index is 0. The molecule has 0 saturated heterocycles. The summed E-state index contributed by atoms with van der Waals surface area (Å²) in [5.41, 5.74) is 1.35. The van der Waals surface area contributed by atoms with Crippen molar-refractivity contribution >= 4 is 0 Å². The quantitative estimate of drug-likeness (QED) is 0.417. The highest BCUT2D eigenvalue weighted by Crippen LogP contribution is 1.87. The molecule has 0 saturated carbocycles. The Labute approximate surface area is 114 Å². The van der Waals surface area contributed by atoms with E-state index in [2.05, 4.69) is 33.8 Å². The van der Waals surface area contributed by atoms with Crippen LogP contribution in [-0.2, 0) is 0 Å². The second-order valence-electron chi connectivity index (χ2n) is 2.48. The van der Waals surface area contributed by atoms with Crippen LogP contribution in [0.2, 0.25) is 0 Å². The molecular formula is C17H42. The summed E-state index contributed by atoms with van der Waals surface area (Å²) < 4.78 is 0. The number of hydrogen-bond donors (Lipinski definition) is 0. The van der Waals surface area contributed by atoms with E-state index in [1.807, 2.05) is 60.6 Å². The van der Waals surface area contributed by atoms with Crippen LogP contribution in [0.25, 0.3) is 0 Å². The van der Waals surface area contributed by atoms with E-state index < -0.39 is 0 Å². The lowest BCUT2D eigenvalue weighted by atomic mass is 10.3. The number of hydrogen-bond acceptors (Lipinski definition) is 0. The normalized spacial score (nSPS) is 6.06. The van der Waals surface area contributed by atoms with E-state index in [0.717, 1.165) is 0 Å². The second-order valence-corrected chi connectivity index (χ2v) is 2.48. The minimum Gasteiger partial charge on any atom is -0.0877 e. The Morgan fingerprint density at radius 3 is 1.12 bits per heavy atom. The molecule has 0 heteroatoms. The van der Waals surface area contributed by atoms with E-state index >= 15 is 0 Å². The maximum atomic E-state index is 2.12. The highest BCUT2D eigenvalue weighted by molar-refractivity contribution is 5.06. The Bertz CT molecular complexity index is 92.6. The Morgan fingerprint density at radius 1 is 0.824 bits per heavy atom. The van der Waals surface area contributed by atoms with Crippen LogP contribution in [0.4, 0.5) is 0 Å². The largest absolute Gasteiger partial charge is 0.0877 e. The smallest absolute Gasteiger partial charge is 0.0439 e. The van der Waals surface area contributed by atoms with Crippen LogP contribution in [0.15, 0.2) is 23.8 Å². The molecule has 17 heavy (non-hydrogen) atoms. The van der Waals surface area contributed by atoms with Crippen molar-refractivity contribution in [2.45, 2.75) is 90.0 Å². The molecule has 0 aromatic rings. The van der Waals surface area contributed by atoms with E-state index in [9.17, 15) is 0 Å². The summed E-state index contributed by atoms with van der Waals surface area (Å²) in [6.07, 6.45) is 7.39. The van der Waals surface area contributed by atoms with Crippen LogP contribution >= 0.6 is 0 Å². The van der Waals surface area contributed by atoms with Gasteiger partial charge in [-0.05, 0) is 20.8 Å². The summed E-state index contributed by atoms with van der Waals surface area (Å²) in [4.78, 5) is 0. The second kappa shape index (κ2) is 77.3. The molecule has 0 fully saturated rings. The molecule has 0 aromatic heterocycles. The van der Waals surface area contributed by atoms with Gasteiger partial charge in [0.2, 0.25) is 0 Å². The molecule has 0 amide bonds. The van der Waals surface area contributed by atoms with Gasteiger partial charge in [0.15, 0.2) is 0 Å². The van der Waals surface area contributed by atoms with Crippen molar-refractivity contribution in [3.8, 4) is 0 Å². The van der Waals surface area contributed by atoms with Gasteiger partial charge >= 0.3 is 0 Å². The lowest BCUT2D eigenvalue weighted by molar-refractivity contribution is 1.09. The van der Waals surface area contributed by atoms with E-state index in [4.69, 9.17) is 0 Å². The lowest BCUT2D eigenvalue weighted by Crippen LogP contribution is -1.56. The summed E-state index contributed by atoms with van der Waals surface area (Å²) in [5.74, 6) is 0. The van der Waals surface area contributed by atoms with Crippen molar-refractivity contribution in [3.63, 3.8) is 0 Å². The van der Waals surface area contributed by atoms with Gasteiger partial charge in [-0.1, -0.05) is 93.0 Å². The third-order valence-electron chi connectivity index (χ3n) is 0.622. The van der Waals surface area contributed by atoms with E-state index in [0.29, 0.717) is 0 Å². The van der Waals surface area contributed by atoms with Gasteiger partial charge in [0.05, 0.1) is 0 Å². The van der Waals surface area contributed by atoms with E-state index in [1.54, 1.807) is 0 Å². The maximum Gasteiger partial charge on any atom is -0.0439 e. The van der Waals surface area contributed by atoms with Crippen molar-refractivity contribution < 1.29 is 0 Å². The topological polar surface area (TPSA) is 0 Å². The zero-order chi connectivity index (χ0) is 14.4. The Balaban J connectivity index is -0.0000000259. The van der Waals surface area contributed by atoms with Crippen molar-refractivity contribution in [1.29, 1.82) is 0 Å². The molecule has 110 valence electrons. The molecule has 0 aliphatic heterocycles. The SMILES string of the molecule is C.C/C=C\C=C(C)C.CC.CC.CC.CCC. The first kappa shape index (κ1) is 36.0. The first-order valence-corrected chi connectivity index (χ1v) is 6.95. The molecule has 0 aliphatic carbocycles. The van der Waals surface area contributed by atoms with Crippen LogP contribution in [0.1, 0.15) is 90.0 Å². The molecule has 0 aromatic carbocycles. The summed E-state index contributed by atoms with van der Waals surface area (Å²) in [5, 5.41) is 0. The van der Waals surface area contributed by atoms with Crippen molar-refractivity contribution in [1.82, 2.24) is 0 Å². The van der Waals surface area contributed by atoms with E-state index in [1.165, 1.54) is 12.0 Å². The van der Waals surface area contributed by atoms with Crippen molar-refractivity contribution in [2.75, 3.05) is 0 Å². The summed E-state index contributed by atoms with van der Waals surface area (Å²) in [6, 6.07) is 0. The molecule has 0 N–H and O–H groups in total. The molecule has 0 radical (unpaired) electrons. The van der Waals surface area contributed by atoms with Gasteiger partial charge in [0.25, 0.3) is 0 Å². The summed E-state index contributed by atoms with van der Waals surface area (Å²) >= 11 is 0. The molecule has 0 bridgehead atoms. The third kappa shape index (κ3) is 232. The molecule has 0 nitrogen and oxygen atoms in total. The van der Waals surface area contributed by atoms with Gasteiger partial charge in [-0.25, -0.2) is 0 Å². The first-order valence-electron chi connectivity index (χ1n) is 6.95. The highest BCUT2D eigenvalue weighted by Gasteiger charge is 1.65. The average molecular weight is 247 g/mol. The first-order chi connectivity index (χ1) is 7.68. The Hall–Kier alpha value is -0.520. The fourth-order valence-electron chi connectivity index (χ4n) is 0.289. The van der Waals surface area contributed by atoms with Gasteiger partial charge in [-0.3, -0.25) is 0 Å². The number of rotatable bonds is 1. The lowest BCUT2D eigenvalue weighted by Gasteiger charge is -1.77. The third-order valence-corrected chi connectivity index (χ3v) is 0.622. The average Bonchev–Trinajstić information content (AvgIpc) is 2.35. The monoisotopic (exact) mass is 246 g/mol. The summed E-state index contributed by atoms with van der Waals surface area (Å²) in [6.45, 7) is 22.4. The predicted molar refractivity (Wildman–Crippen MR) is 91.0 cm³/mol. The van der Waals surface area contributed by atoms with Gasteiger partial charge in [0, 0.05) is 0 Å². The molecule has 0 aliphatic rings.